The topological polar surface area (TPSA) is 35.2 Å². The van der Waals surface area contributed by atoms with Gasteiger partial charge in [-0.1, -0.05) is 24.6 Å². The predicted molar refractivity (Wildman–Crippen MR) is 79.6 cm³/mol. The minimum Gasteiger partial charge on any atom is -0.454 e. The molecule has 1 unspecified atom stereocenters. The molecule has 0 aliphatic rings. The summed E-state index contributed by atoms with van der Waals surface area (Å²) in [5.74, 6) is -0.792. The molecule has 2 aromatic rings. The predicted octanol–water partition coefficient (Wildman–Crippen LogP) is 4.35. The van der Waals surface area contributed by atoms with Crippen LogP contribution in [0.2, 0.25) is 0 Å². The standard InChI is InChI=1S/C17H19F2NO/c1-3-14(20)9-12-8-11(2)4-6-16(12)21-17-7-5-13(18)10-15(17)19/h4-8,10,14H,3,9,20H2,1-2H3. The van der Waals surface area contributed by atoms with Gasteiger partial charge in [-0.15, -0.1) is 0 Å². The molecular weight excluding hydrogens is 272 g/mol. The van der Waals surface area contributed by atoms with E-state index in [2.05, 4.69) is 0 Å². The van der Waals surface area contributed by atoms with Gasteiger partial charge in [-0.3, -0.25) is 0 Å². The number of benzene rings is 2. The first-order chi connectivity index (χ1) is 9.99. The number of aryl methyl sites for hydroxylation is 1. The molecule has 2 rings (SSSR count). The van der Waals surface area contributed by atoms with Gasteiger partial charge in [0.2, 0.25) is 0 Å². The van der Waals surface area contributed by atoms with E-state index >= 15 is 0 Å². The second-order valence-corrected chi connectivity index (χ2v) is 5.16. The van der Waals surface area contributed by atoms with Crippen molar-refractivity contribution in [2.75, 3.05) is 0 Å². The van der Waals surface area contributed by atoms with Crippen molar-refractivity contribution < 1.29 is 13.5 Å². The van der Waals surface area contributed by atoms with E-state index in [-0.39, 0.29) is 11.8 Å². The lowest BCUT2D eigenvalue weighted by atomic mass is 10.0. The number of hydrogen-bond acceptors (Lipinski definition) is 2. The molecule has 0 aromatic heterocycles. The molecule has 0 aliphatic heterocycles. The Hall–Kier alpha value is -1.94. The summed E-state index contributed by atoms with van der Waals surface area (Å²) in [5, 5.41) is 0. The van der Waals surface area contributed by atoms with Crippen molar-refractivity contribution in [2.24, 2.45) is 5.73 Å². The van der Waals surface area contributed by atoms with Crippen molar-refractivity contribution in [1.82, 2.24) is 0 Å². The minimum atomic E-state index is -0.721. The van der Waals surface area contributed by atoms with Crippen LogP contribution in [0.4, 0.5) is 8.78 Å². The fraction of sp³-hybridized carbons (Fsp3) is 0.294. The molecule has 2 N–H and O–H groups in total. The summed E-state index contributed by atoms with van der Waals surface area (Å²) in [5.41, 5.74) is 8.00. The SMILES string of the molecule is CCC(N)Cc1cc(C)ccc1Oc1ccc(F)cc1F. The van der Waals surface area contributed by atoms with E-state index in [1.165, 1.54) is 12.1 Å². The van der Waals surface area contributed by atoms with Crippen molar-refractivity contribution in [1.29, 1.82) is 0 Å². The van der Waals surface area contributed by atoms with Crippen LogP contribution in [0.1, 0.15) is 24.5 Å². The smallest absolute Gasteiger partial charge is 0.168 e. The highest BCUT2D eigenvalue weighted by atomic mass is 19.1. The number of halogens is 2. The van der Waals surface area contributed by atoms with Crippen LogP contribution in [0.25, 0.3) is 0 Å². The molecule has 0 aliphatic carbocycles. The third-order valence-corrected chi connectivity index (χ3v) is 3.34. The fourth-order valence-corrected chi connectivity index (χ4v) is 2.07. The van der Waals surface area contributed by atoms with E-state index in [1.54, 1.807) is 6.07 Å². The zero-order valence-corrected chi connectivity index (χ0v) is 12.2. The fourth-order valence-electron chi connectivity index (χ4n) is 2.07. The van der Waals surface area contributed by atoms with E-state index in [0.29, 0.717) is 12.2 Å². The zero-order chi connectivity index (χ0) is 15.4. The molecule has 2 aromatic carbocycles. The first-order valence-corrected chi connectivity index (χ1v) is 6.97. The van der Waals surface area contributed by atoms with Crippen LogP contribution in [0, 0.1) is 18.6 Å². The van der Waals surface area contributed by atoms with Crippen LogP contribution in [0.15, 0.2) is 36.4 Å². The van der Waals surface area contributed by atoms with E-state index in [9.17, 15) is 8.78 Å². The summed E-state index contributed by atoms with van der Waals surface area (Å²) in [6, 6.07) is 8.94. The average Bonchev–Trinajstić information content (AvgIpc) is 2.44. The van der Waals surface area contributed by atoms with Crippen LogP contribution in [0.3, 0.4) is 0 Å². The number of ether oxygens (including phenoxy) is 1. The molecule has 0 bridgehead atoms. The van der Waals surface area contributed by atoms with Gasteiger partial charge >= 0.3 is 0 Å². The zero-order valence-electron chi connectivity index (χ0n) is 12.2. The molecule has 21 heavy (non-hydrogen) atoms. The third-order valence-electron chi connectivity index (χ3n) is 3.34. The monoisotopic (exact) mass is 291 g/mol. The lowest BCUT2D eigenvalue weighted by molar-refractivity contribution is 0.431. The maximum atomic E-state index is 13.7. The van der Waals surface area contributed by atoms with Gasteiger partial charge in [0.1, 0.15) is 11.6 Å². The highest BCUT2D eigenvalue weighted by Crippen LogP contribution is 2.29. The molecular formula is C17H19F2NO. The summed E-state index contributed by atoms with van der Waals surface area (Å²) >= 11 is 0. The minimum absolute atomic E-state index is 0.00609. The number of rotatable bonds is 5. The van der Waals surface area contributed by atoms with Gasteiger partial charge in [0.15, 0.2) is 11.6 Å². The second-order valence-electron chi connectivity index (χ2n) is 5.16. The summed E-state index contributed by atoms with van der Waals surface area (Å²) in [6.45, 7) is 3.99. The van der Waals surface area contributed by atoms with Crippen molar-refractivity contribution in [2.45, 2.75) is 32.7 Å². The molecule has 0 fully saturated rings. The van der Waals surface area contributed by atoms with Crippen LogP contribution in [-0.4, -0.2) is 6.04 Å². The van der Waals surface area contributed by atoms with Gasteiger partial charge in [-0.05, 0) is 43.5 Å². The Kier molecular flexibility index (Phi) is 4.91. The van der Waals surface area contributed by atoms with Gasteiger partial charge in [-0.2, -0.15) is 0 Å². The highest BCUT2D eigenvalue weighted by molar-refractivity contribution is 5.41. The number of nitrogens with two attached hydrogens (primary N) is 1. The Morgan fingerprint density at radius 2 is 1.81 bits per heavy atom. The third kappa shape index (κ3) is 4.02. The van der Waals surface area contributed by atoms with Crippen molar-refractivity contribution >= 4 is 0 Å². The average molecular weight is 291 g/mol. The molecule has 2 nitrogen and oxygen atoms in total. The van der Waals surface area contributed by atoms with Crippen LogP contribution in [0.5, 0.6) is 11.5 Å². The summed E-state index contributed by atoms with van der Waals surface area (Å²) in [7, 11) is 0. The highest BCUT2D eigenvalue weighted by Gasteiger charge is 2.12. The molecule has 0 saturated heterocycles. The first-order valence-electron chi connectivity index (χ1n) is 6.97. The molecule has 0 amide bonds. The van der Waals surface area contributed by atoms with E-state index in [0.717, 1.165) is 23.6 Å². The molecule has 1 atom stereocenters. The Bertz CT molecular complexity index is 628. The Balaban J connectivity index is 2.30. The Labute approximate surface area is 123 Å². The maximum absolute atomic E-state index is 13.7. The number of hydrogen-bond donors (Lipinski definition) is 1. The van der Waals surface area contributed by atoms with Gasteiger partial charge in [0.25, 0.3) is 0 Å². The van der Waals surface area contributed by atoms with Crippen LogP contribution >= 0.6 is 0 Å². The van der Waals surface area contributed by atoms with E-state index in [1.807, 2.05) is 26.0 Å². The first kappa shape index (κ1) is 15.4. The van der Waals surface area contributed by atoms with E-state index < -0.39 is 11.6 Å². The summed E-state index contributed by atoms with van der Waals surface area (Å²) in [4.78, 5) is 0. The lowest BCUT2D eigenvalue weighted by Crippen LogP contribution is -2.21. The molecule has 0 saturated carbocycles. The summed E-state index contributed by atoms with van der Waals surface area (Å²) < 4.78 is 32.2. The van der Waals surface area contributed by atoms with Gasteiger partial charge in [0.05, 0.1) is 0 Å². The quantitative estimate of drug-likeness (QED) is 0.889. The van der Waals surface area contributed by atoms with E-state index in [4.69, 9.17) is 10.5 Å². The van der Waals surface area contributed by atoms with Crippen molar-refractivity contribution in [3.8, 4) is 11.5 Å². The Morgan fingerprint density at radius 1 is 1.10 bits per heavy atom. The lowest BCUT2D eigenvalue weighted by Gasteiger charge is -2.15. The van der Waals surface area contributed by atoms with Crippen LogP contribution in [-0.2, 0) is 6.42 Å². The maximum Gasteiger partial charge on any atom is 0.168 e. The van der Waals surface area contributed by atoms with Crippen molar-refractivity contribution in [3.63, 3.8) is 0 Å². The second kappa shape index (κ2) is 6.68. The molecule has 0 radical (unpaired) electrons. The van der Waals surface area contributed by atoms with Crippen molar-refractivity contribution in [3.05, 3.63) is 59.2 Å². The van der Waals surface area contributed by atoms with Crippen LogP contribution < -0.4 is 10.5 Å². The largest absolute Gasteiger partial charge is 0.454 e. The normalized spacial score (nSPS) is 12.2. The Morgan fingerprint density at radius 3 is 2.48 bits per heavy atom. The summed E-state index contributed by atoms with van der Waals surface area (Å²) in [6.07, 6.45) is 1.49. The molecule has 0 heterocycles. The molecule has 4 heteroatoms. The molecule has 0 spiro atoms. The van der Waals surface area contributed by atoms with Gasteiger partial charge < -0.3 is 10.5 Å². The van der Waals surface area contributed by atoms with Gasteiger partial charge in [-0.25, -0.2) is 8.78 Å². The van der Waals surface area contributed by atoms with Gasteiger partial charge in [0, 0.05) is 12.1 Å². The molecule has 112 valence electrons.